The van der Waals surface area contributed by atoms with Crippen LogP contribution in [-0.2, 0) is 6.54 Å². The van der Waals surface area contributed by atoms with Gasteiger partial charge in [0.2, 0.25) is 5.76 Å². The number of furan rings is 1. The number of hydrogen-bond donors (Lipinski definition) is 2. The number of carboxylic acids is 1. The Balaban J connectivity index is 2.01. The van der Waals surface area contributed by atoms with Gasteiger partial charge in [0.25, 0.3) is 5.91 Å². The third-order valence-electron chi connectivity index (χ3n) is 2.71. The van der Waals surface area contributed by atoms with Crippen molar-refractivity contribution in [3.05, 3.63) is 53.2 Å². The van der Waals surface area contributed by atoms with Crippen molar-refractivity contribution < 1.29 is 28.2 Å². The molecule has 1 aromatic carbocycles. The van der Waals surface area contributed by atoms with E-state index in [4.69, 9.17) is 14.3 Å². The molecule has 110 valence electrons. The number of nitrogens with one attached hydrogen (secondary N) is 1. The second-order valence-electron chi connectivity index (χ2n) is 4.10. The zero-order valence-corrected chi connectivity index (χ0v) is 11.1. The van der Waals surface area contributed by atoms with E-state index in [0.717, 1.165) is 6.07 Å². The topological polar surface area (TPSA) is 88.8 Å². The van der Waals surface area contributed by atoms with Crippen molar-refractivity contribution in [2.75, 3.05) is 7.11 Å². The minimum absolute atomic E-state index is 0.000237. The van der Waals surface area contributed by atoms with Crippen LogP contribution in [0.3, 0.4) is 0 Å². The van der Waals surface area contributed by atoms with Gasteiger partial charge in [0.1, 0.15) is 5.76 Å². The Labute approximate surface area is 119 Å². The summed E-state index contributed by atoms with van der Waals surface area (Å²) in [4.78, 5) is 22.5. The van der Waals surface area contributed by atoms with Crippen LogP contribution in [0.5, 0.6) is 5.75 Å². The third kappa shape index (κ3) is 3.38. The van der Waals surface area contributed by atoms with Crippen molar-refractivity contribution in [2.24, 2.45) is 0 Å². The summed E-state index contributed by atoms with van der Waals surface area (Å²) in [5.74, 6) is -2.22. The van der Waals surface area contributed by atoms with E-state index in [-0.39, 0.29) is 29.4 Å². The Bertz CT molecular complexity index is 680. The first-order chi connectivity index (χ1) is 10.0. The SMILES string of the molecule is COc1ccc(C(=O)NCc2ccc(C(=O)O)o2)cc1F. The lowest BCUT2D eigenvalue weighted by Gasteiger charge is -2.06. The Kier molecular flexibility index (Phi) is 4.22. The number of carbonyl (C=O) groups is 2. The molecule has 1 aromatic heterocycles. The number of amides is 1. The van der Waals surface area contributed by atoms with Gasteiger partial charge in [-0.1, -0.05) is 0 Å². The van der Waals surface area contributed by atoms with Crippen molar-refractivity contribution in [1.29, 1.82) is 0 Å². The molecule has 2 N–H and O–H groups in total. The molecule has 21 heavy (non-hydrogen) atoms. The summed E-state index contributed by atoms with van der Waals surface area (Å²) in [6, 6.07) is 6.55. The maximum absolute atomic E-state index is 13.5. The van der Waals surface area contributed by atoms with Gasteiger partial charge in [-0.3, -0.25) is 4.79 Å². The van der Waals surface area contributed by atoms with E-state index in [2.05, 4.69) is 5.32 Å². The summed E-state index contributed by atoms with van der Waals surface area (Å²) in [6.07, 6.45) is 0. The second-order valence-corrected chi connectivity index (χ2v) is 4.10. The number of hydrogen-bond acceptors (Lipinski definition) is 4. The largest absolute Gasteiger partial charge is 0.494 e. The molecule has 0 spiro atoms. The van der Waals surface area contributed by atoms with Crippen molar-refractivity contribution in [2.45, 2.75) is 6.54 Å². The van der Waals surface area contributed by atoms with Crippen LogP contribution in [0.2, 0.25) is 0 Å². The number of halogens is 1. The first kappa shape index (κ1) is 14.6. The number of carboxylic acid groups (broad SMARTS) is 1. The zero-order valence-electron chi connectivity index (χ0n) is 11.1. The maximum Gasteiger partial charge on any atom is 0.371 e. The first-order valence-electron chi connectivity index (χ1n) is 5.95. The van der Waals surface area contributed by atoms with E-state index in [1.165, 1.54) is 31.4 Å². The molecule has 0 fully saturated rings. The Morgan fingerprint density at radius 1 is 1.33 bits per heavy atom. The lowest BCUT2D eigenvalue weighted by atomic mass is 10.2. The van der Waals surface area contributed by atoms with Crippen molar-refractivity contribution >= 4 is 11.9 Å². The highest BCUT2D eigenvalue weighted by Crippen LogP contribution is 2.17. The average Bonchev–Trinajstić information content (AvgIpc) is 2.93. The number of aromatic carboxylic acids is 1. The van der Waals surface area contributed by atoms with Crippen LogP contribution < -0.4 is 10.1 Å². The lowest BCUT2D eigenvalue weighted by Crippen LogP contribution is -2.22. The van der Waals surface area contributed by atoms with Gasteiger partial charge in [-0.05, 0) is 30.3 Å². The number of ether oxygens (including phenoxy) is 1. The van der Waals surface area contributed by atoms with Gasteiger partial charge >= 0.3 is 5.97 Å². The molecule has 0 aliphatic carbocycles. The smallest absolute Gasteiger partial charge is 0.371 e. The predicted molar refractivity (Wildman–Crippen MR) is 69.8 cm³/mol. The minimum Gasteiger partial charge on any atom is -0.494 e. The van der Waals surface area contributed by atoms with E-state index in [9.17, 15) is 14.0 Å². The molecular weight excluding hydrogens is 281 g/mol. The van der Waals surface area contributed by atoms with Crippen molar-refractivity contribution in [3.63, 3.8) is 0 Å². The molecule has 2 aromatic rings. The minimum atomic E-state index is -1.19. The van der Waals surface area contributed by atoms with Gasteiger partial charge in [0, 0.05) is 5.56 Å². The molecule has 0 saturated heterocycles. The standard InChI is InChI=1S/C14H12FNO5/c1-20-11-4-2-8(6-10(11)15)13(17)16-7-9-3-5-12(21-9)14(18)19/h2-6H,7H2,1H3,(H,16,17)(H,18,19). The highest BCUT2D eigenvalue weighted by Gasteiger charge is 2.12. The molecule has 6 nitrogen and oxygen atoms in total. The highest BCUT2D eigenvalue weighted by molar-refractivity contribution is 5.94. The van der Waals surface area contributed by atoms with E-state index in [0.29, 0.717) is 0 Å². The van der Waals surface area contributed by atoms with Crippen LogP contribution in [-0.4, -0.2) is 24.1 Å². The molecular formula is C14H12FNO5. The molecule has 0 bridgehead atoms. The van der Waals surface area contributed by atoms with E-state index >= 15 is 0 Å². The van der Waals surface area contributed by atoms with Gasteiger partial charge in [-0.15, -0.1) is 0 Å². The van der Waals surface area contributed by atoms with E-state index in [1.807, 2.05) is 0 Å². The average molecular weight is 293 g/mol. The van der Waals surface area contributed by atoms with Crippen molar-refractivity contribution in [3.8, 4) is 5.75 Å². The van der Waals surface area contributed by atoms with Gasteiger partial charge < -0.3 is 19.6 Å². The fourth-order valence-electron chi connectivity index (χ4n) is 1.66. The van der Waals surface area contributed by atoms with Gasteiger partial charge in [-0.2, -0.15) is 0 Å². The van der Waals surface area contributed by atoms with Crippen LogP contribution >= 0.6 is 0 Å². The molecule has 1 amide bonds. The van der Waals surface area contributed by atoms with Crippen LogP contribution in [0.4, 0.5) is 4.39 Å². The molecule has 0 radical (unpaired) electrons. The zero-order chi connectivity index (χ0) is 15.4. The highest BCUT2D eigenvalue weighted by atomic mass is 19.1. The summed E-state index contributed by atoms with van der Waals surface area (Å²) < 4.78 is 23.2. The molecule has 7 heteroatoms. The number of benzene rings is 1. The molecule has 2 rings (SSSR count). The molecule has 0 unspecified atom stereocenters. The van der Waals surface area contributed by atoms with Crippen molar-refractivity contribution in [1.82, 2.24) is 5.32 Å². The molecule has 0 atom stereocenters. The Hall–Kier alpha value is -2.83. The summed E-state index contributed by atoms with van der Waals surface area (Å²) in [7, 11) is 1.33. The quantitative estimate of drug-likeness (QED) is 0.880. The van der Waals surface area contributed by atoms with Gasteiger partial charge in [0.05, 0.1) is 13.7 Å². The number of carbonyl (C=O) groups excluding carboxylic acids is 1. The molecule has 0 saturated carbocycles. The van der Waals surface area contributed by atoms with Crippen LogP contribution in [0.25, 0.3) is 0 Å². The fraction of sp³-hybridized carbons (Fsp3) is 0.143. The van der Waals surface area contributed by atoms with E-state index in [1.54, 1.807) is 0 Å². The van der Waals surface area contributed by atoms with Gasteiger partial charge in [0.15, 0.2) is 11.6 Å². The van der Waals surface area contributed by atoms with Crippen LogP contribution in [0.1, 0.15) is 26.7 Å². The second kappa shape index (κ2) is 6.08. The predicted octanol–water partition coefficient (Wildman–Crippen LogP) is 2.06. The lowest BCUT2D eigenvalue weighted by molar-refractivity contribution is 0.0660. The van der Waals surface area contributed by atoms with E-state index < -0.39 is 17.7 Å². The van der Waals surface area contributed by atoms with Crippen LogP contribution in [0, 0.1) is 5.82 Å². The maximum atomic E-state index is 13.5. The third-order valence-corrected chi connectivity index (χ3v) is 2.71. The molecule has 0 aliphatic rings. The monoisotopic (exact) mass is 293 g/mol. The van der Waals surface area contributed by atoms with Gasteiger partial charge in [-0.25, -0.2) is 9.18 Å². The normalized spacial score (nSPS) is 10.2. The Morgan fingerprint density at radius 3 is 2.67 bits per heavy atom. The summed E-state index contributed by atoms with van der Waals surface area (Å²) in [5.41, 5.74) is 0.123. The first-order valence-corrected chi connectivity index (χ1v) is 5.95. The fourth-order valence-corrected chi connectivity index (χ4v) is 1.66. The summed E-state index contributed by atoms with van der Waals surface area (Å²) in [5, 5.41) is 11.2. The molecule has 1 heterocycles. The number of rotatable bonds is 5. The summed E-state index contributed by atoms with van der Waals surface area (Å²) >= 11 is 0. The summed E-state index contributed by atoms with van der Waals surface area (Å²) in [6.45, 7) is -0.000237. The van der Waals surface area contributed by atoms with Crippen LogP contribution in [0.15, 0.2) is 34.7 Å². The molecule has 0 aliphatic heterocycles. The number of methoxy groups -OCH3 is 1. The Morgan fingerprint density at radius 2 is 2.10 bits per heavy atom.